The van der Waals surface area contributed by atoms with E-state index in [0.717, 1.165) is 5.56 Å². The summed E-state index contributed by atoms with van der Waals surface area (Å²) in [6.45, 7) is 2.09. The first kappa shape index (κ1) is 14.0. The van der Waals surface area contributed by atoms with Crippen LogP contribution in [0.15, 0.2) is 48.8 Å². The topological polar surface area (TPSA) is 88.2 Å². The molecule has 1 heterocycles. The number of nitrogens with two attached hydrogens (primary N) is 1. The van der Waals surface area contributed by atoms with Crippen molar-refractivity contribution >= 4 is 5.91 Å². The van der Waals surface area contributed by atoms with Gasteiger partial charge in [0.2, 0.25) is 0 Å². The Morgan fingerprint density at radius 3 is 2.65 bits per heavy atom. The molecule has 1 aromatic carbocycles. The van der Waals surface area contributed by atoms with Gasteiger partial charge < -0.3 is 16.2 Å². The summed E-state index contributed by atoms with van der Waals surface area (Å²) >= 11 is 0. The van der Waals surface area contributed by atoms with Crippen LogP contribution in [0.25, 0.3) is 0 Å². The molecule has 4 N–H and O–H groups in total. The lowest BCUT2D eigenvalue weighted by molar-refractivity contribution is 0.0904. The molecule has 0 fully saturated rings. The van der Waals surface area contributed by atoms with Gasteiger partial charge in [0.1, 0.15) is 5.75 Å². The van der Waals surface area contributed by atoms with Crippen molar-refractivity contribution in [1.82, 2.24) is 10.3 Å². The van der Waals surface area contributed by atoms with Gasteiger partial charge in [-0.2, -0.15) is 0 Å². The summed E-state index contributed by atoms with van der Waals surface area (Å²) in [5.41, 5.74) is 6.20. The molecule has 0 saturated carbocycles. The number of aromatic hydroxyl groups is 1. The molecule has 1 atom stereocenters. The van der Waals surface area contributed by atoms with Gasteiger partial charge in [-0.1, -0.05) is 30.3 Å². The molecule has 1 aromatic heterocycles. The van der Waals surface area contributed by atoms with Crippen molar-refractivity contribution in [2.45, 2.75) is 12.5 Å². The predicted octanol–water partition coefficient (Wildman–Crippen LogP) is 1.39. The summed E-state index contributed by atoms with van der Waals surface area (Å²) in [5.74, 6) is -0.542. The third-order valence-corrected chi connectivity index (χ3v) is 3.25. The molecule has 0 spiro atoms. The van der Waals surface area contributed by atoms with Crippen LogP contribution in [0.5, 0.6) is 5.75 Å². The Morgan fingerprint density at radius 2 is 2.05 bits per heavy atom. The second-order valence-corrected chi connectivity index (χ2v) is 4.75. The second-order valence-electron chi connectivity index (χ2n) is 4.75. The van der Waals surface area contributed by atoms with E-state index in [1.165, 1.54) is 18.5 Å². The lowest BCUT2D eigenvalue weighted by atomic mass is 9.91. The lowest BCUT2D eigenvalue weighted by Gasteiger charge is -2.30. The third kappa shape index (κ3) is 2.78. The average molecular weight is 271 g/mol. The fourth-order valence-electron chi connectivity index (χ4n) is 1.94. The van der Waals surface area contributed by atoms with E-state index in [1.54, 1.807) is 0 Å². The van der Waals surface area contributed by atoms with Crippen molar-refractivity contribution in [3.63, 3.8) is 0 Å². The maximum Gasteiger partial charge on any atom is 0.255 e. The maximum absolute atomic E-state index is 12.3. The summed E-state index contributed by atoms with van der Waals surface area (Å²) < 4.78 is 0. The van der Waals surface area contributed by atoms with Gasteiger partial charge in [0.05, 0.1) is 17.3 Å². The van der Waals surface area contributed by atoms with E-state index >= 15 is 0 Å². The number of amides is 1. The molecule has 0 radical (unpaired) electrons. The molecule has 5 nitrogen and oxygen atoms in total. The van der Waals surface area contributed by atoms with Gasteiger partial charge in [0.25, 0.3) is 5.91 Å². The van der Waals surface area contributed by atoms with Crippen molar-refractivity contribution in [2.24, 2.45) is 5.73 Å². The number of benzene rings is 1. The minimum absolute atomic E-state index is 0.155. The van der Waals surface area contributed by atoms with E-state index < -0.39 is 5.54 Å². The molecule has 1 amide bonds. The van der Waals surface area contributed by atoms with E-state index in [1.807, 2.05) is 37.3 Å². The van der Waals surface area contributed by atoms with Gasteiger partial charge >= 0.3 is 0 Å². The van der Waals surface area contributed by atoms with Gasteiger partial charge in [0.15, 0.2) is 0 Å². The second kappa shape index (κ2) is 5.71. The van der Waals surface area contributed by atoms with Crippen LogP contribution >= 0.6 is 0 Å². The lowest BCUT2D eigenvalue weighted by Crippen LogP contribution is -2.48. The van der Waals surface area contributed by atoms with Crippen LogP contribution < -0.4 is 11.1 Å². The highest BCUT2D eigenvalue weighted by atomic mass is 16.3. The number of hydrogen-bond acceptors (Lipinski definition) is 4. The summed E-state index contributed by atoms with van der Waals surface area (Å²) in [6.07, 6.45) is 2.69. The first-order valence-corrected chi connectivity index (χ1v) is 6.28. The number of rotatable bonds is 4. The van der Waals surface area contributed by atoms with E-state index in [4.69, 9.17) is 5.73 Å². The molecular formula is C15H17N3O2. The van der Waals surface area contributed by atoms with Crippen molar-refractivity contribution in [1.29, 1.82) is 0 Å². The smallest absolute Gasteiger partial charge is 0.255 e. The highest BCUT2D eigenvalue weighted by molar-refractivity contribution is 5.97. The fourth-order valence-corrected chi connectivity index (χ4v) is 1.94. The number of aromatic nitrogens is 1. The maximum atomic E-state index is 12.3. The van der Waals surface area contributed by atoms with Gasteiger partial charge in [0, 0.05) is 12.7 Å². The van der Waals surface area contributed by atoms with Crippen LogP contribution in [0.4, 0.5) is 0 Å². The van der Waals surface area contributed by atoms with Gasteiger partial charge in [-0.25, -0.2) is 0 Å². The molecule has 0 aliphatic heterocycles. The van der Waals surface area contributed by atoms with E-state index in [9.17, 15) is 9.90 Å². The third-order valence-electron chi connectivity index (χ3n) is 3.25. The molecule has 0 aliphatic rings. The Balaban J connectivity index is 2.27. The van der Waals surface area contributed by atoms with Crippen molar-refractivity contribution in [2.75, 3.05) is 6.54 Å². The molecule has 0 saturated heterocycles. The fraction of sp³-hybridized carbons (Fsp3) is 0.200. The normalized spacial score (nSPS) is 13.5. The monoisotopic (exact) mass is 271 g/mol. The first-order valence-electron chi connectivity index (χ1n) is 6.28. The molecule has 104 valence electrons. The van der Waals surface area contributed by atoms with Crippen molar-refractivity contribution in [3.8, 4) is 5.75 Å². The SMILES string of the molecule is CC(CN)(NC(=O)c1ccncc1O)c1ccccc1. The summed E-state index contributed by atoms with van der Waals surface area (Å²) in [6, 6.07) is 10.9. The summed E-state index contributed by atoms with van der Waals surface area (Å²) in [4.78, 5) is 16.0. The number of nitrogens with zero attached hydrogens (tertiary/aromatic N) is 1. The number of pyridine rings is 1. The van der Waals surface area contributed by atoms with Crippen LogP contribution in [0.2, 0.25) is 0 Å². The van der Waals surface area contributed by atoms with Crippen LogP contribution in [-0.2, 0) is 5.54 Å². The zero-order valence-electron chi connectivity index (χ0n) is 11.2. The molecule has 20 heavy (non-hydrogen) atoms. The van der Waals surface area contributed by atoms with Gasteiger partial charge in [-0.15, -0.1) is 0 Å². The highest BCUT2D eigenvalue weighted by Crippen LogP contribution is 2.21. The molecule has 0 aliphatic carbocycles. The van der Waals surface area contributed by atoms with Crippen LogP contribution in [0.3, 0.4) is 0 Å². The zero-order valence-corrected chi connectivity index (χ0v) is 11.2. The number of nitrogens with one attached hydrogen (secondary N) is 1. The molecule has 1 unspecified atom stereocenters. The van der Waals surface area contributed by atoms with E-state index in [-0.39, 0.29) is 23.8 Å². The number of carbonyl (C=O) groups is 1. The summed E-state index contributed by atoms with van der Waals surface area (Å²) in [5, 5.41) is 12.5. The Bertz CT molecular complexity index is 601. The highest BCUT2D eigenvalue weighted by Gasteiger charge is 2.28. The van der Waals surface area contributed by atoms with E-state index in [0.29, 0.717) is 0 Å². The van der Waals surface area contributed by atoms with Gasteiger partial charge in [-0.05, 0) is 18.6 Å². The minimum Gasteiger partial charge on any atom is -0.505 e. The molecule has 5 heteroatoms. The Hall–Kier alpha value is -2.40. The number of carbonyl (C=O) groups excluding carboxylic acids is 1. The van der Waals surface area contributed by atoms with Crippen LogP contribution in [0.1, 0.15) is 22.8 Å². The molecule has 2 aromatic rings. The number of hydrogen-bond donors (Lipinski definition) is 3. The quantitative estimate of drug-likeness (QED) is 0.784. The molecular weight excluding hydrogens is 254 g/mol. The molecule has 2 rings (SSSR count). The zero-order chi connectivity index (χ0) is 14.6. The van der Waals surface area contributed by atoms with Crippen LogP contribution in [0, 0.1) is 0 Å². The van der Waals surface area contributed by atoms with Crippen molar-refractivity contribution < 1.29 is 9.90 Å². The van der Waals surface area contributed by atoms with E-state index in [2.05, 4.69) is 10.3 Å². The first-order chi connectivity index (χ1) is 9.57. The predicted molar refractivity (Wildman–Crippen MR) is 76.2 cm³/mol. The Morgan fingerprint density at radius 1 is 1.35 bits per heavy atom. The standard InChI is InChI=1S/C15H17N3O2/c1-15(10-16,11-5-3-2-4-6-11)18-14(20)12-7-8-17-9-13(12)19/h2-9,19H,10,16H2,1H3,(H,18,20). The minimum atomic E-state index is -0.700. The van der Waals surface area contributed by atoms with Gasteiger partial charge in [-0.3, -0.25) is 9.78 Å². The molecule has 0 bridgehead atoms. The van der Waals surface area contributed by atoms with Crippen molar-refractivity contribution in [3.05, 3.63) is 59.9 Å². The van der Waals surface area contributed by atoms with Crippen LogP contribution in [-0.4, -0.2) is 22.5 Å². The summed E-state index contributed by atoms with van der Waals surface area (Å²) in [7, 11) is 0. The Kier molecular flexibility index (Phi) is 4.00. The largest absolute Gasteiger partial charge is 0.505 e. The Labute approximate surface area is 117 Å². The average Bonchev–Trinajstić information content (AvgIpc) is 2.48.